The first kappa shape index (κ1) is 72.7. The highest BCUT2D eigenvalue weighted by Crippen LogP contribution is 2.46. The van der Waals surface area contributed by atoms with Crippen molar-refractivity contribution < 1.29 is 38.8 Å². The highest BCUT2D eigenvalue weighted by atomic mass is 35.5. The largest absolute Gasteiger partial charge is 0.481 e. The quantitative estimate of drug-likeness (QED) is 0.0478. The first-order valence-corrected chi connectivity index (χ1v) is 36.3. The lowest BCUT2D eigenvalue weighted by atomic mass is 9.99. The van der Waals surface area contributed by atoms with E-state index in [-0.39, 0.29) is 43.7 Å². The zero-order chi connectivity index (χ0) is 72.4. The number of aliphatic hydroxyl groups is 2. The van der Waals surface area contributed by atoms with E-state index >= 15 is 0 Å². The lowest BCUT2D eigenvalue weighted by Crippen LogP contribution is -2.43. The summed E-state index contributed by atoms with van der Waals surface area (Å²) in [7, 11) is 7.37. The molecule has 14 rings (SSSR count). The number of amides is 3. The van der Waals surface area contributed by atoms with Crippen LogP contribution in [0.1, 0.15) is 80.1 Å². The molecule has 0 saturated carbocycles. The number of carbonyl (C=O) groups excluding carboxylic acids is 3. The maximum absolute atomic E-state index is 13.3. The van der Waals surface area contributed by atoms with E-state index in [0.29, 0.717) is 118 Å². The number of hydrogen-bond acceptors (Lipinski definition) is 15. The van der Waals surface area contributed by atoms with Crippen LogP contribution in [0, 0.1) is 0 Å². The number of hydrogen-bond donors (Lipinski definition) is 5. The predicted octanol–water partition coefficient (Wildman–Crippen LogP) is 13.7. The number of rotatable bonds is 20. The van der Waals surface area contributed by atoms with Crippen LogP contribution < -0.4 is 25.4 Å². The monoisotopic (exact) mass is 1470 g/mol. The number of fused-ring (bicyclic) bond motifs is 6. The molecule has 4 aliphatic heterocycles. The molecule has 10 aromatic rings. The molecule has 2 atom stereocenters. The summed E-state index contributed by atoms with van der Waals surface area (Å²) >= 11 is 28.6. The number of methoxy groups -OCH3 is 2. The van der Waals surface area contributed by atoms with E-state index in [1.54, 1.807) is 24.4 Å². The van der Waals surface area contributed by atoms with Crippen LogP contribution in [0.15, 0.2) is 122 Å². The van der Waals surface area contributed by atoms with Gasteiger partial charge in [-0.2, -0.15) is 0 Å². The molecule has 20 nitrogen and oxygen atoms in total. The highest BCUT2D eigenvalue weighted by Gasteiger charge is 2.32. The van der Waals surface area contributed by atoms with Crippen molar-refractivity contribution >= 4 is 86.1 Å². The Morgan fingerprint density at radius 1 is 0.602 bits per heavy atom. The fourth-order valence-corrected chi connectivity index (χ4v) is 16.0. The third-order valence-corrected chi connectivity index (χ3v) is 21.4. The minimum absolute atomic E-state index is 0.0274. The fraction of sp³-hybridized carbons (Fsp3) is 0.354. The predicted molar refractivity (Wildman–Crippen MR) is 406 cm³/mol. The van der Waals surface area contributed by atoms with Crippen molar-refractivity contribution in [1.82, 2.24) is 59.7 Å². The molecule has 4 aromatic carbocycles. The van der Waals surface area contributed by atoms with Gasteiger partial charge in [-0.1, -0.05) is 113 Å². The number of pyridine rings is 4. The Hall–Kier alpha value is -8.67. The molecular formula is C79H84Cl4N12O8. The van der Waals surface area contributed by atoms with E-state index < -0.39 is 11.7 Å². The molecule has 2 saturated heterocycles. The second-order valence-corrected chi connectivity index (χ2v) is 29.1. The Kier molecular flexibility index (Phi) is 22.1. The van der Waals surface area contributed by atoms with Crippen molar-refractivity contribution in [3.05, 3.63) is 175 Å². The number of carbonyl (C=O) groups is 3. The zero-order valence-electron chi connectivity index (χ0n) is 58.8. The minimum Gasteiger partial charge on any atom is -0.481 e. The van der Waals surface area contributed by atoms with Crippen molar-refractivity contribution in [3.8, 4) is 79.0 Å². The van der Waals surface area contributed by atoms with Crippen LogP contribution in [-0.4, -0.2) is 156 Å². The first-order valence-electron chi connectivity index (χ1n) is 34.8. The molecular weight excluding hydrogens is 1390 g/mol. The van der Waals surface area contributed by atoms with Gasteiger partial charge in [0.05, 0.1) is 76.8 Å². The Morgan fingerprint density at radius 2 is 1.07 bits per heavy atom. The second-order valence-electron chi connectivity index (χ2n) is 27.6. The Morgan fingerprint density at radius 3 is 1.53 bits per heavy atom. The number of β-amino-alcohol motifs (C(OH)–C–C–N with tert-alkyl or cyclic N) is 2. The summed E-state index contributed by atoms with van der Waals surface area (Å²) in [6, 6.07) is 35.7. The van der Waals surface area contributed by atoms with Crippen LogP contribution in [0.2, 0.25) is 20.1 Å². The van der Waals surface area contributed by atoms with Gasteiger partial charge < -0.3 is 54.4 Å². The number of aromatic nitrogens is 6. The number of ether oxygens (including phenoxy) is 3. The van der Waals surface area contributed by atoms with Crippen LogP contribution in [0.4, 0.5) is 4.79 Å². The van der Waals surface area contributed by atoms with Crippen molar-refractivity contribution in [2.75, 3.05) is 66.7 Å². The molecule has 4 aliphatic rings. The summed E-state index contributed by atoms with van der Waals surface area (Å²) in [6.45, 7) is 12.3. The van der Waals surface area contributed by atoms with Gasteiger partial charge in [0.1, 0.15) is 5.60 Å². The standard InChI is InChI=1S/C42H46Cl2N6O5.C37H38Cl2N6O3/c1-42(2,3)55-41(53)50(23-27-11-14-36(52)46-27)22-26-10-13-33(47-40(26)54-5)31-8-6-7-29(37(31)43)30-15-17-45-39(38(30)44)25-9-12-28-32-24-49(19-20-51)18-16-34(32)48(4)35(28)21-25;1-44-31-13-15-45(16-17-46)21-29(31)25-9-6-22(18-32(25)44)36-35(39)27(12-14-41-36)26-4-3-5-28(34(26)38)30-10-7-23(37(43-30)48-2)19-40-20-24-8-11-33(47)42-24/h6-10,12-13,15,17,21,27,51H,11,14,16,18-20,22-24H2,1-5H3,(H,46,52);3-7,9-10,12,14,18,24,40,46H,8,11,13,15-17,19-21H2,1-2H3,(H,42,47)/t27-;24-/m00/s1. The number of halogens is 4. The molecule has 0 spiro atoms. The van der Waals surface area contributed by atoms with Crippen LogP contribution >= 0.6 is 46.4 Å². The number of benzene rings is 4. The van der Waals surface area contributed by atoms with E-state index in [1.165, 1.54) is 40.4 Å². The van der Waals surface area contributed by atoms with E-state index in [9.17, 15) is 24.6 Å². The van der Waals surface area contributed by atoms with Gasteiger partial charge in [-0.3, -0.25) is 29.4 Å². The van der Waals surface area contributed by atoms with Gasteiger partial charge >= 0.3 is 6.09 Å². The maximum atomic E-state index is 13.3. The number of aryl methyl sites for hydroxylation is 2. The molecule has 0 radical (unpaired) electrons. The fourth-order valence-electron chi connectivity index (χ4n) is 14.7. The molecule has 103 heavy (non-hydrogen) atoms. The topological polar surface area (TPSA) is 227 Å². The van der Waals surface area contributed by atoms with Gasteiger partial charge in [-0.05, 0) is 87.2 Å². The van der Waals surface area contributed by atoms with Gasteiger partial charge in [0.15, 0.2) is 0 Å². The molecule has 6 aromatic heterocycles. The van der Waals surface area contributed by atoms with Crippen molar-refractivity contribution in [2.24, 2.45) is 14.1 Å². The van der Waals surface area contributed by atoms with Gasteiger partial charge in [0.2, 0.25) is 23.6 Å². The van der Waals surface area contributed by atoms with Gasteiger partial charge in [0, 0.05) is 212 Å². The summed E-state index contributed by atoms with van der Waals surface area (Å²) in [5.74, 6) is 0.930. The van der Waals surface area contributed by atoms with E-state index in [4.69, 9.17) is 80.6 Å². The Bertz CT molecular complexity index is 4880. The summed E-state index contributed by atoms with van der Waals surface area (Å²) in [5, 5.41) is 32.7. The van der Waals surface area contributed by atoms with E-state index in [2.05, 4.69) is 85.4 Å². The summed E-state index contributed by atoms with van der Waals surface area (Å²) in [4.78, 5) is 62.0. The van der Waals surface area contributed by atoms with E-state index in [0.717, 1.165) is 101 Å². The lowest BCUT2D eigenvalue weighted by Gasteiger charge is -2.29. The van der Waals surface area contributed by atoms with Crippen molar-refractivity contribution in [3.63, 3.8) is 0 Å². The van der Waals surface area contributed by atoms with E-state index in [1.807, 2.05) is 93.6 Å². The summed E-state index contributed by atoms with van der Waals surface area (Å²) in [6.07, 6.45) is 7.38. The van der Waals surface area contributed by atoms with Gasteiger partial charge in [-0.25, -0.2) is 14.8 Å². The zero-order valence-corrected chi connectivity index (χ0v) is 61.8. The third-order valence-electron chi connectivity index (χ3n) is 19.9. The molecule has 0 unspecified atom stereocenters. The van der Waals surface area contributed by atoms with Crippen LogP contribution in [-0.2, 0) is 67.4 Å². The molecule has 10 heterocycles. The molecule has 0 aliphatic carbocycles. The second kappa shape index (κ2) is 31.3. The average molecular weight is 1470 g/mol. The molecule has 0 bridgehead atoms. The van der Waals surface area contributed by atoms with Crippen molar-refractivity contribution in [2.45, 2.75) is 103 Å². The molecule has 3 amide bonds. The summed E-state index contributed by atoms with van der Waals surface area (Å²) < 4.78 is 21.7. The smallest absolute Gasteiger partial charge is 0.410 e. The molecule has 5 N–H and O–H groups in total. The first-order chi connectivity index (χ1) is 49.7. The van der Waals surface area contributed by atoms with Crippen LogP contribution in [0.25, 0.3) is 89.1 Å². The van der Waals surface area contributed by atoms with Crippen LogP contribution in [0.3, 0.4) is 0 Å². The maximum Gasteiger partial charge on any atom is 0.410 e. The highest BCUT2D eigenvalue weighted by molar-refractivity contribution is 6.40. The number of nitrogens with one attached hydrogen (secondary N) is 3. The third kappa shape index (κ3) is 15.5. The number of aliphatic hydroxyl groups excluding tert-OH is 2. The molecule has 536 valence electrons. The summed E-state index contributed by atoms with van der Waals surface area (Å²) in [5.41, 5.74) is 17.3. The Balaban J connectivity index is 0.000000185. The normalized spacial score (nSPS) is 16.1. The average Bonchev–Trinajstić information content (AvgIpc) is 1.72. The minimum atomic E-state index is -0.695. The van der Waals surface area contributed by atoms with Crippen LogP contribution in [0.5, 0.6) is 11.8 Å². The van der Waals surface area contributed by atoms with Gasteiger partial charge in [0.25, 0.3) is 0 Å². The van der Waals surface area contributed by atoms with Crippen molar-refractivity contribution in [1.29, 1.82) is 0 Å². The van der Waals surface area contributed by atoms with Gasteiger partial charge in [-0.15, -0.1) is 0 Å². The lowest BCUT2D eigenvalue weighted by molar-refractivity contribution is -0.120. The Labute approximate surface area is 619 Å². The molecule has 2 fully saturated rings. The molecule has 24 heteroatoms. The number of nitrogens with zero attached hydrogens (tertiary/aromatic N) is 9. The SMILES string of the molecule is COc1nc(-c2cccc(-c3ccnc(-c4ccc5c6c(n(C)c5c4)CCN(CCO)C6)c3Cl)c2Cl)ccc1CN(C[C@@H]1CCC(=O)N1)C(=O)OC(C)(C)C.COc1nc(-c2cccc(-c3ccnc(-c4ccc5c6c(n(C)c5c4)CCN(CCO)C6)c3Cl)c2Cl)ccc1CNC[C@@H]1CCC(=O)N1.